The SMILES string of the molecule is CCN(Cc1ccncc1)CC1(CO)CCC(C)CC1. The lowest BCUT2D eigenvalue weighted by atomic mass is 9.71. The van der Waals surface area contributed by atoms with Crippen LogP contribution in [0, 0.1) is 11.3 Å². The van der Waals surface area contributed by atoms with Crippen LogP contribution in [-0.2, 0) is 6.54 Å². The molecule has 0 spiro atoms. The summed E-state index contributed by atoms with van der Waals surface area (Å²) in [4.78, 5) is 6.53. The lowest BCUT2D eigenvalue weighted by molar-refractivity contribution is 0.0284. The first-order chi connectivity index (χ1) is 9.67. The zero-order valence-corrected chi connectivity index (χ0v) is 12.9. The molecule has 0 radical (unpaired) electrons. The Labute approximate surface area is 123 Å². The molecule has 0 aromatic carbocycles. The molecule has 0 amide bonds. The number of hydrogen-bond acceptors (Lipinski definition) is 3. The molecule has 1 aromatic rings. The Kier molecular flexibility index (Phi) is 5.55. The fourth-order valence-electron chi connectivity index (χ4n) is 3.24. The Morgan fingerprint density at radius 3 is 2.50 bits per heavy atom. The van der Waals surface area contributed by atoms with Gasteiger partial charge in [0.05, 0.1) is 0 Å². The van der Waals surface area contributed by atoms with E-state index in [1.807, 2.05) is 12.4 Å². The van der Waals surface area contributed by atoms with Crippen molar-refractivity contribution in [3.8, 4) is 0 Å². The van der Waals surface area contributed by atoms with Gasteiger partial charge in [-0.2, -0.15) is 0 Å². The molecular weight excluding hydrogens is 248 g/mol. The Morgan fingerprint density at radius 1 is 1.30 bits per heavy atom. The molecule has 0 saturated heterocycles. The van der Waals surface area contributed by atoms with Crippen LogP contribution in [0.3, 0.4) is 0 Å². The van der Waals surface area contributed by atoms with E-state index in [0.717, 1.165) is 38.4 Å². The van der Waals surface area contributed by atoms with Crippen LogP contribution in [-0.4, -0.2) is 34.7 Å². The Hall–Kier alpha value is -0.930. The standard InChI is InChI=1S/C17H28N2O/c1-3-19(12-16-6-10-18-11-7-16)13-17(14-20)8-4-15(2)5-9-17/h6-7,10-11,15,20H,3-5,8-9,12-14H2,1-2H3. The van der Waals surface area contributed by atoms with Crippen LogP contribution in [0.15, 0.2) is 24.5 Å². The van der Waals surface area contributed by atoms with Gasteiger partial charge in [0.25, 0.3) is 0 Å². The fraction of sp³-hybridized carbons (Fsp3) is 0.706. The Bertz CT molecular complexity index is 385. The average molecular weight is 276 g/mol. The molecule has 0 aliphatic heterocycles. The zero-order chi connectivity index (χ0) is 14.4. The van der Waals surface area contributed by atoms with Crippen LogP contribution >= 0.6 is 0 Å². The van der Waals surface area contributed by atoms with E-state index in [1.54, 1.807) is 0 Å². The molecule has 3 nitrogen and oxygen atoms in total. The maximum absolute atomic E-state index is 9.90. The normalized spacial score (nSPS) is 26.9. The van der Waals surface area contributed by atoms with Crippen molar-refractivity contribution in [1.29, 1.82) is 0 Å². The highest BCUT2D eigenvalue weighted by Gasteiger charge is 2.34. The van der Waals surface area contributed by atoms with Crippen molar-refractivity contribution in [1.82, 2.24) is 9.88 Å². The molecule has 1 aromatic heterocycles. The van der Waals surface area contributed by atoms with Crippen LogP contribution in [0.4, 0.5) is 0 Å². The second kappa shape index (κ2) is 7.19. The first-order valence-electron chi connectivity index (χ1n) is 7.89. The summed E-state index contributed by atoms with van der Waals surface area (Å²) in [7, 11) is 0. The Morgan fingerprint density at radius 2 is 1.95 bits per heavy atom. The minimum absolute atomic E-state index is 0.121. The predicted octanol–water partition coefficient (Wildman–Crippen LogP) is 3.09. The van der Waals surface area contributed by atoms with Gasteiger partial charge in [0.2, 0.25) is 0 Å². The molecule has 1 saturated carbocycles. The number of nitrogens with zero attached hydrogens (tertiary/aromatic N) is 2. The van der Waals surface area contributed by atoms with Crippen molar-refractivity contribution in [2.24, 2.45) is 11.3 Å². The third kappa shape index (κ3) is 4.03. The predicted molar refractivity (Wildman–Crippen MR) is 82.3 cm³/mol. The molecule has 0 bridgehead atoms. The van der Waals surface area contributed by atoms with Crippen LogP contribution in [0.25, 0.3) is 0 Å². The van der Waals surface area contributed by atoms with Gasteiger partial charge in [-0.15, -0.1) is 0 Å². The zero-order valence-electron chi connectivity index (χ0n) is 12.9. The fourth-order valence-corrected chi connectivity index (χ4v) is 3.24. The molecule has 0 unspecified atom stereocenters. The summed E-state index contributed by atoms with van der Waals surface area (Å²) in [6.07, 6.45) is 8.55. The van der Waals surface area contributed by atoms with E-state index < -0.39 is 0 Å². The molecule has 3 heteroatoms. The minimum atomic E-state index is 0.121. The van der Waals surface area contributed by atoms with Crippen molar-refractivity contribution in [3.63, 3.8) is 0 Å². The monoisotopic (exact) mass is 276 g/mol. The van der Waals surface area contributed by atoms with Gasteiger partial charge in [0.1, 0.15) is 0 Å². The van der Waals surface area contributed by atoms with E-state index in [2.05, 4.69) is 35.9 Å². The molecule has 0 atom stereocenters. The molecule has 20 heavy (non-hydrogen) atoms. The Balaban J connectivity index is 1.97. The molecule has 2 rings (SSSR count). The van der Waals surface area contributed by atoms with Crippen molar-refractivity contribution < 1.29 is 5.11 Å². The molecule has 112 valence electrons. The number of aliphatic hydroxyl groups is 1. The third-order valence-electron chi connectivity index (χ3n) is 4.83. The largest absolute Gasteiger partial charge is 0.396 e. The average Bonchev–Trinajstić information content (AvgIpc) is 2.50. The highest BCUT2D eigenvalue weighted by atomic mass is 16.3. The minimum Gasteiger partial charge on any atom is -0.396 e. The van der Waals surface area contributed by atoms with E-state index >= 15 is 0 Å². The molecule has 1 aliphatic rings. The van der Waals surface area contributed by atoms with Crippen LogP contribution in [0.1, 0.15) is 45.1 Å². The second-order valence-electron chi connectivity index (χ2n) is 6.50. The molecule has 1 heterocycles. The summed E-state index contributed by atoms with van der Waals surface area (Å²) < 4.78 is 0. The smallest absolute Gasteiger partial charge is 0.0499 e. The summed E-state index contributed by atoms with van der Waals surface area (Å²) in [5, 5.41) is 9.90. The summed E-state index contributed by atoms with van der Waals surface area (Å²) in [6, 6.07) is 4.16. The summed E-state index contributed by atoms with van der Waals surface area (Å²) in [6.45, 7) is 7.85. The number of rotatable bonds is 6. The van der Waals surface area contributed by atoms with Gasteiger partial charge in [-0.25, -0.2) is 0 Å². The van der Waals surface area contributed by atoms with Gasteiger partial charge < -0.3 is 5.11 Å². The van der Waals surface area contributed by atoms with Gasteiger partial charge >= 0.3 is 0 Å². The van der Waals surface area contributed by atoms with Crippen molar-refractivity contribution in [2.75, 3.05) is 19.7 Å². The number of hydrogen-bond donors (Lipinski definition) is 1. The van der Waals surface area contributed by atoms with Crippen LogP contribution in [0.2, 0.25) is 0 Å². The number of aromatic nitrogens is 1. The van der Waals surface area contributed by atoms with Gasteiger partial charge in [-0.1, -0.05) is 26.7 Å². The van der Waals surface area contributed by atoms with E-state index in [-0.39, 0.29) is 5.41 Å². The maximum Gasteiger partial charge on any atom is 0.0499 e. The van der Waals surface area contributed by atoms with Gasteiger partial charge in [0.15, 0.2) is 0 Å². The van der Waals surface area contributed by atoms with Crippen molar-refractivity contribution >= 4 is 0 Å². The van der Waals surface area contributed by atoms with Crippen molar-refractivity contribution in [2.45, 2.75) is 46.1 Å². The molecular formula is C17H28N2O. The van der Waals surface area contributed by atoms with Gasteiger partial charge in [0, 0.05) is 37.5 Å². The maximum atomic E-state index is 9.90. The van der Waals surface area contributed by atoms with E-state index in [9.17, 15) is 5.11 Å². The highest BCUT2D eigenvalue weighted by molar-refractivity contribution is 5.09. The highest BCUT2D eigenvalue weighted by Crippen LogP contribution is 2.39. The quantitative estimate of drug-likeness (QED) is 0.867. The van der Waals surface area contributed by atoms with Gasteiger partial charge in [-0.3, -0.25) is 9.88 Å². The second-order valence-corrected chi connectivity index (χ2v) is 6.50. The summed E-state index contributed by atoms with van der Waals surface area (Å²) in [5.74, 6) is 0.824. The van der Waals surface area contributed by atoms with E-state index in [0.29, 0.717) is 6.61 Å². The third-order valence-corrected chi connectivity index (χ3v) is 4.83. The number of pyridine rings is 1. The molecule has 1 N–H and O–H groups in total. The van der Waals surface area contributed by atoms with Gasteiger partial charge in [-0.05, 0) is 43.0 Å². The molecule has 1 aliphatic carbocycles. The lowest BCUT2D eigenvalue weighted by Gasteiger charge is -2.41. The van der Waals surface area contributed by atoms with Crippen LogP contribution < -0.4 is 0 Å². The van der Waals surface area contributed by atoms with E-state index in [1.165, 1.54) is 18.4 Å². The number of aliphatic hydroxyl groups excluding tert-OH is 1. The molecule has 1 fully saturated rings. The first kappa shape index (κ1) is 15.5. The van der Waals surface area contributed by atoms with E-state index in [4.69, 9.17) is 0 Å². The summed E-state index contributed by atoms with van der Waals surface area (Å²) >= 11 is 0. The van der Waals surface area contributed by atoms with Crippen molar-refractivity contribution in [3.05, 3.63) is 30.1 Å². The summed E-state index contributed by atoms with van der Waals surface area (Å²) in [5.41, 5.74) is 1.43. The van der Waals surface area contributed by atoms with Crippen LogP contribution in [0.5, 0.6) is 0 Å². The topological polar surface area (TPSA) is 36.4 Å². The lowest BCUT2D eigenvalue weighted by Crippen LogP contribution is -2.42. The first-order valence-corrected chi connectivity index (χ1v) is 7.89.